The number of hydrogen-bond acceptors (Lipinski definition) is 3. The molecule has 1 fully saturated rings. The van der Waals surface area contributed by atoms with Gasteiger partial charge in [-0.2, -0.15) is 4.31 Å². The number of piperidine rings is 1. The highest BCUT2D eigenvalue weighted by molar-refractivity contribution is 7.89. The van der Waals surface area contributed by atoms with Gasteiger partial charge in [0.05, 0.1) is 4.90 Å². The molecule has 28 heavy (non-hydrogen) atoms. The van der Waals surface area contributed by atoms with Gasteiger partial charge in [-0.15, -0.1) is 0 Å². The van der Waals surface area contributed by atoms with Crippen LogP contribution in [0, 0.1) is 20.8 Å². The fourth-order valence-corrected chi connectivity index (χ4v) is 5.56. The minimum absolute atomic E-state index is 0.152. The van der Waals surface area contributed by atoms with Crippen molar-refractivity contribution in [2.24, 2.45) is 0 Å². The molecule has 0 spiro atoms. The molecule has 150 valence electrons. The fourth-order valence-electron chi connectivity index (χ4n) is 3.78. The van der Waals surface area contributed by atoms with E-state index in [1.165, 1.54) is 16.4 Å². The summed E-state index contributed by atoms with van der Waals surface area (Å²) in [7, 11) is -3.78. The smallest absolute Gasteiger partial charge is 0.243 e. The Morgan fingerprint density at radius 2 is 1.68 bits per heavy atom. The Hall–Kier alpha value is -1.89. The van der Waals surface area contributed by atoms with Gasteiger partial charge in [-0.25, -0.2) is 8.42 Å². The third-order valence-corrected chi connectivity index (χ3v) is 7.28. The first kappa shape index (κ1) is 20.8. The Bertz CT molecular complexity index is 964. The number of anilines is 1. The molecule has 2 aromatic rings. The Morgan fingerprint density at radius 1 is 1.07 bits per heavy atom. The lowest BCUT2D eigenvalue weighted by atomic mass is 10.0. The van der Waals surface area contributed by atoms with Crippen LogP contribution in [0.15, 0.2) is 41.3 Å². The number of aryl methyl sites for hydroxylation is 3. The van der Waals surface area contributed by atoms with E-state index in [0.29, 0.717) is 18.0 Å². The van der Waals surface area contributed by atoms with Gasteiger partial charge in [-0.05, 0) is 69.0 Å². The molecular formula is C21H25ClN2O3S. The first-order valence-corrected chi connectivity index (χ1v) is 11.2. The molecule has 1 unspecified atom stereocenters. The van der Waals surface area contributed by atoms with Gasteiger partial charge in [0.2, 0.25) is 15.9 Å². The summed E-state index contributed by atoms with van der Waals surface area (Å²) in [4.78, 5) is 13.2. The topological polar surface area (TPSA) is 66.5 Å². The van der Waals surface area contributed by atoms with E-state index in [4.69, 9.17) is 11.6 Å². The number of hydrogen-bond donors (Lipinski definition) is 1. The van der Waals surface area contributed by atoms with E-state index in [2.05, 4.69) is 5.32 Å². The van der Waals surface area contributed by atoms with Crippen LogP contribution in [-0.4, -0.2) is 31.2 Å². The highest BCUT2D eigenvalue weighted by Gasteiger charge is 2.37. The number of amides is 1. The van der Waals surface area contributed by atoms with Gasteiger partial charge < -0.3 is 5.32 Å². The van der Waals surface area contributed by atoms with Crippen molar-refractivity contribution in [2.75, 3.05) is 11.9 Å². The number of carbonyl (C=O) groups excluding carboxylic acids is 1. The monoisotopic (exact) mass is 420 g/mol. The van der Waals surface area contributed by atoms with Crippen LogP contribution in [0.3, 0.4) is 0 Å². The minimum atomic E-state index is -3.78. The summed E-state index contributed by atoms with van der Waals surface area (Å²) >= 11 is 5.89. The second kappa shape index (κ2) is 8.23. The molecule has 2 aromatic carbocycles. The molecule has 1 aliphatic rings. The van der Waals surface area contributed by atoms with Gasteiger partial charge in [0.1, 0.15) is 6.04 Å². The lowest BCUT2D eigenvalue weighted by molar-refractivity contribution is -0.120. The molecule has 0 bridgehead atoms. The van der Waals surface area contributed by atoms with E-state index in [0.717, 1.165) is 35.2 Å². The highest BCUT2D eigenvalue weighted by Crippen LogP contribution is 2.28. The number of sulfonamides is 1. The van der Waals surface area contributed by atoms with Gasteiger partial charge in [-0.1, -0.05) is 35.7 Å². The third kappa shape index (κ3) is 4.24. The predicted molar refractivity (Wildman–Crippen MR) is 112 cm³/mol. The van der Waals surface area contributed by atoms with Crippen molar-refractivity contribution in [3.63, 3.8) is 0 Å². The Kier molecular flexibility index (Phi) is 6.12. The molecule has 7 heteroatoms. The molecule has 3 rings (SSSR count). The van der Waals surface area contributed by atoms with E-state index in [9.17, 15) is 13.2 Å². The number of benzene rings is 2. The quantitative estimate of drug-likeness (QED) is 0.794. The second-order valence-corrected chi connectivity index (χ2v) is 9.67. The summed E-state index contributed by atoms with van der Waals surface area (Å²) in [6.07, 6.45) is 2.05. The molecule has 1 aliphatic heterocycles. The van der Waals surface area contributed by atoms with Crippen molar-refractivity contribution >= 4 is 33.2 Å². The molecule has 1 atom stereocenters. The summed E-state index contributed by atoms with van der Waals surface area (Å²) in [6, 6.07) is 9.34. The first-order chi connectivity index (χ1) is 13.2. The first-order valence-electron chi connectivity index (χ1n) is 9.36. The van der Waals surface area contributed by atoms with Crippen LogP contribution in [0.1, 0.15) is 36.0 Å². The fraction of sp³-hybridized carbons (Fsp3) is 0.381. The molecule has 5 nitrogen and oxygen atoms in total. The maximum Gasteiger partial charge on any atom is 0.243 e. The third-order valence-electron chi connectivity index (χ3n) is 5.10. The van der Waals surface area contributed by atoms with Crippen LogP contribution >= 0.6 is 11.6 Å². The molecular weight excluding hydrogens is 396 g/mol. The largest absolute Gasteiger partial charge is 0.324 e. The normalized spacial score (nSPS) is 18.1. The summed E-state index contributed by atoms with van der Waals surface area (Å²) < 4.78 is 27.6. The van der Waals surface area contributed by atoms with Crippen molar-refractivity contribution in [3.8, 4) is 0 Å². The van der Waals surface area contributed by atoms with E-state index >= 15 is 0 Å². The standard InChI is InChI=1S/C21H25ClN2O3S/c1-14-12-15(2)20(16(3)13-14)23-21(25)19-6-4-5-11-24(19)28(26,27)18-9-7-17(22)8-10-18/h7-10,12-13,19H,4-6,11H2,1-3H3,(H,23,25). The summed E-state index contributed by atoms with van der Waals surface area (Å²) in [5.41, 5.74) is 3.81. The second-order valence-electron chi connectivity index (χ2n) is 7.34. The van der Waals surface area contributed by atoms with Crippen LogP contribution < -0.4 is 5.32 Å². The van der Waals surface area contributed by atoms with Gasteiger partial charge in [-0.3, -0.25) is 4.79 Å². The van der Waals surface area contributed by atoms with Gasteiger partial charge in [0.15, 0.2) is 0 Å². The van der Waals surface area contributed by atoms with Crippen LogP contribution in [-0.2, 0) is 14.8 Å². The zero-order chi connectivity index (χ0) is 20.5. The summed E-state index contributed by atoms with van der Waals surface area (Å²) in [6.45, 7) is 6.22. The Labute approximate surface area is 171 Å². The molecule has 0 aromatic heterocycles. The van der Waals surface area contributed by atoms with Crippen molar-refractivity contribution in [1.82, 2.24) is 4.31 Å². The predicted octanol–water partition coefficient (Wildman–Crippen LogP) is 4.45. The Morgan fingerprint density at radius 3 is 2.29 bits per heavy atom. The summed E-state index contributed by atoms with van der Waals surface area (Å²) in [5, 5.41) is 3.44. The van der Waals surface area contributed by atoms with Crippen molar-refractivity contribution in [1.29, 1.82) is 0 Å². The number of halogens is 1. The molecule has 1 amide bonds. The SMILES string of the molecule is Cc1cc(C)c(NC(=O)C2CCCCN2S(=O)(=O)c2ccc(Cl)cc2)c(C)c1. The Balaban J connectivity index is 1.89. The maximum absolute atomic E-state index is 13.1. The van der Waals surface area contributed by atoms with Crippen LogP contribution in [0.5, 0.6) is 0 Å². The minimum Gasteiger partial charge on any atom is -0.324 e. The zero-order valence-corrected chi connectivity index (χ0v) is 17.9. The van der Waals surface area contributed by atoms with Crippen LogP contribution in [0.25, 0.3) is 0 Å². The average molecular weight is 421 g/mol. The van der Waals surface area contributed by atoms with E-state index < -0.39 is 16.1 Å². The van der Waals surface area contributed by atoms with Crippen molar-refractivity contribution < 1.29 is 13.2 Å². The zero-order valence-electron chi connectivity index (χ0n) is 16.3. The number of rotatable bonds is 4. The molecule has 0 saturated carbocycles. The van der Waals surface area contributed by atoms with Crippen LogP contribution in [0.4, 0.5) is 5.69 Å². The number of nitrogens with one attached hydrogen (secondary N) is 1. The lowest BCUT2D eigenvalue weighted by Gasteiger charge is -2.34. The molecule has 1 N–H and O–H groups in total. The van der Waals surface area contributed by atoms with Gasteiger partial charge in [0, 0.05) is 17.3 Å². The highest BCUT2D eigenvalue weighted by atomic mass is 35.5. The molecule has 0 radical (unpaired) electrons. The lowest BCUT2D eigenvalue weighted by Crippen LogP contribution is -2.49. The van der Waals surface area contributed by atoms with E-state index in [1.807, 2.05) is 32.9 Å². The van der Waals surface area contributed by atoms with Crippen molar-refractivity contribution in [2.45, 2.75) is 51.0 Å². The van der Waals surface area contributed by atoms with Gasteiger partial charge in [0.25, 0.3) is 0 Å². The molecule has 1 heterocycles. The number of nitrogens with zero attached hydrogens (tertiary/aromatic N) is 1. The van der Waals surface area contributed by atoms with Crippen LogP contribution in [0.2, 0.25) is 5.02 Å². The molecule has 0 aliphatic carbocycles. The van der Waals surface area contributed by atoms with Crippen molar-refractivity contribution in [3.05, 3.63) is 58.1 Å². The van der Waals surface area contributed by atoms with E-state index in [1.54, 1.807) is 12.1 Å². The summed E-state index contributed by atoms with van der Waals surface area (Å²) in [5.74, 6) is -0.285. The molecule has 1 saturated heterocycles. The number of carbonyl (C=O) groups is 1. The van der Waals surface area contributed by atoms with Gasteiger partial charge >= 0.3 is 0 Å². The average Bonchev–Trinajstić information content (AvgIpc) is 2.65. The van der Waals surface area contributed by atoms with E-state index in [-0.39, 0.29) is 10.8 Å². The maximum atomic E-state index is 13.1.